The van der Waals surface area contributed by atoms with Gasteiger partial charge >= 0.3 is 0 Å². The van der Waals surface area contributed by atoms with Crippen LogP contribution in [0.1, 0.15) is 29.9 Å². The van der Waals surface area contributed by atoms with Gasteiger partial charge in [-0.2, -0.15) is 5.10 Å². The van der Waals surface area contributed by atoms with E-state index < -0.39 is 0 Å². The number of aromatic nitrogens is 4. The highest BCUT2D eigenvalue weighted by Gasteiger charge is 2.17. The first-order valence-corrected chi connectivity index (χ1v) is 10.7. The largest absolute Gasteiger partial charge is 0.309 e. The van der Waals surface area contributed by atoms with Crippen molar-refractivity contribution >= 4 is 22.9 Å². The van der Waals surface area contributed by atoms with Gasteiger partial charge in [-0.25, -0.2) is 4.98 Å². The number of amides is 1. The van der Waals surface area contributed by atoms with Crippen LogP contribution in [0.4, 0.5) is 5.95 Å². The minimum Gasteiger partial charge on any atom is -0.309 e. The third-order valence-corrected chi connectivity index (χ3v) is 5.58. The maximum atomic E-state index is 12.9. The Balaban J connectivity index is 1.57. The number of carbonyl (C=O) groups excluding carboxylic acids is 1. The summed E-state index contributed by atoms with van der Waals surface area (Å²) < 4.78 is 2.07. The van der Waals surface area contributed by atoms with Crippen LogP contribution in [-0.2, 0) is 6.54 Å². The number of nitrogens with zero attached hydrogens (tertiary/aromatic N) is 4. The fraction of sp³-hybridized carbons (Fsp3) is 0.292. The molecule has 0 spiro atoms. The number of aromatic amines is 1. The number of imidazole rings is 1. The normalized spacial score (nSPS) is 11.4. The molecule has 7 heteroatoms. The second kappa shape index (κ2) is 9.14. The van der Waals surface area contributed by atoms with Crippen molar-refractivity contribution in [2.24, 2.45) is 0 Å². The number of H-pyrrole nitrogens is 1. The number of likely N-dealkylation sites (N-methyl/N-ethyl adjacent to an activating group) is 1. The maximum absolute atomic E-state index is 12.9. The minimum atomic E-state index is -0.259. The Morgan fingerprint density at radius 3 is 2.58 bits per heavy atom. The predicted molar refractivity (Wildman–Crippen MR) is 124 cm³/mol. The lowest BCUT2D eigenvalue weighted by Gasteiger charge is -2.19. The van der Waals surface area contributed by atoms with Crippen molar-refractivity contribution < 1.29 is 4.79 Å². The third kappa shape index (κ3) is 4.51. The molecule has 31 heavy (non-hydrogen) atoms. The van der Waals surface area contributed by atoms with Crippen LogP contribution in [0, 0.1) is 6.92 Å². The van der Waals surface area contributed by atoms with Crippen LogP contribution >= 0.6 is 0 Å². The number of anilines is 1. The molecule has 2 aromatic carbocycles. The average molecular weight is 417 g/mol. The molecular formula is C24H28N6O. The summed E-state index contributed by atoms with van der Waals surface area (Å²) in [5.74, 6) is 0.287. The van der Waals surface area contributed by atoms with Crippen molar-refractivity contribution in [3.63, 3.8) is 0 Å². The second-order valence-electron chi connectivity index (χ2n) is 7.59. The van der Waals surface area contributed by atoms with Crippen molar-refractivity contribution in [1.29, 1.82) is 0 Å². The SMILES string of the molecule is CCN(CC)CCn1c(NC(=O)c2cc(-c3ccc(C)cc3)n[nH]2)nc2ccccc21. The number of hydrogen-bond donors (Lipinski definition) is 2. The monoisotopic (exact) mass is 416 g/mol. The number of carbonyl (C=O) groups is 1. The van der Waals surface area contributed by atoms with Crippen molar-refractivity contribution in [2.75, 3.05) is 25.0 Å². The molecular weight excluding hydrogens is 388 g/mol. The summed E-state index contributed by atoms with van der Waals surface area (Å²) in [5, 5.41) is 10.1. The zero-order chi connectivity index (χ0) is 21.8. The zero-order valence-corrected chi connectivity index (χ0v) is 18.2. The number of benzene rings is 2. The first-order valence-electron chi connectivity index (χ1n) is 10.7. The van der Waals surface area contributed by atoms with Gasteiger partial charge in [-0.05, 0) is 38.2 Å². The smallest absolute Gasteiger partial charge is 0.275 e. The fourth-order valence-electron chi connectivity index (χ4n) is 3.66. The van der Waals surface area contributed by atoms with Crippen LogP contribution in [0.3, 0.4) is 0 Å². The first-order chi connectivity index (χ1) is 15.1. The van der Waals surface area contributed by atoms with Crippen LogP contribution in [0.2, 0.25) is 0 Å². The van der Waals surface area contributed by atoms with Crippen LogP contribution in [0.15, 0.2) is 54.6 Å². The van der Waals surface area contributed by atoms with Crippen molar-refractivity contribution in [2.45, 2.75) is 27.3 Å². The molecule has 0 aliphatic rings. The van der Waals surface area contributed by atoms with Crippen LogP contribution < -0.4 is 5.32 Å². The summed E-state index contributed by atoms with van der Waals surface area (Å²) in [5.41, 5.74) is 5.16. The summed E-state index contributed by atoms with van der Waals surface area (Å²) in [6.45, 7) is 9.96. The lowest BCUT2D eigenvalue weighted by atomic mass is 10.1. The molecule has 7 nitrogen and oxygen atoms in total. The van der Waals surface area contributed by atoms with Crippen LogP contribution in [0.25, 0.3) is 22.3 Å². The summed E-state index contributed by atoms with van der Waals surface area (Å²) in [6, 6.07) is 17.8. The van der Waals surface area contributed by atoms with E-state index in [1.165, 1.54) is 5.56 Å². The van der Waals surface area contributed by atoms with Gasteiger partial charge in [0, 0.05) is 18.7 Å². The molecule has 0 saturated carbocycles. The molecule has 0 atom stereocenters. The summed E-state index contributed by atoms with van der Waals surface area (Å²) in [7, 11) is 0. The number of fused-ring (bicyclic) bond motifs is 1. The molecule has 1 amide bonds. The van der Waals surface area contributed by atoms with E-state index in [4.69, 9.17) is 0 Å². The lowest BCUT2D eigenvalue weighted by molar-refractivity contribution is 0.102. The van der Waals surface area contributed by atoms with E-state index in [9.17, 15) is 4.79 Å². The molecule has 4 rings (SSSR count). The molecule has 160 valence electrons. The van der Waals surface area contributed by atoms with E-state index >= 15 is 0 Å². The lowest BCUT2D eigenvalue weighted by Crippen LogP contribution is -2.27. The van der Waals surface area contributed by atoms with Gasteiger partial charge in [0.05, 0.1) is 16.7 Å². The van der Waals surface area contributed by atoms with Crippen LogP contribution in [0.5, 0.6) is 0 Å². The van der Waals surface area contributed by atoms with Gasteiger partial charge in [-0.15, -0.1) is 0 Å². The molecule has 0 saturated heterocycles. The molecule has 0 aliphatic carbocycles. The van der Waals surface area contributed by atoms with Crippen molar-refractivity contribution in [1.82, 2.24) is 24.6 Å². The molecule has 4 aromatic rings. The van der Waals surface area contributed by atoms with E-state index in [-0.39, 0.29) is 5.91 Å². The van der Waals surface area contributed by atoms with Gasteiger partial charge in [0.1, 0.15) is 5.69 Å². The Labute approximate surface area is 182 Å². The Morgan fingerprint density at radius 1 is 1.10 bits per heavy atom. The Hall–Kier alpha value is -3.45. The van der Waals surface area contributed by atoms with Crippen LogP contribution in [-0.4, -0.2) is 50.2 Å². The van der Waals surface area contributed by atoms with E-state index in [2.05, 4.69) is 43.8 Å². The van der Waals surface area contributed by atoms with E-state index in [1.54, 1.807) is 6.07 Å². The highest BCUT2D eigenvalue weighted by atomic mass is 16.2. The standard InChI is InChI=1S/C24H28N6O/c1-4-29(5-2)14-15-30-22-9-7-6-8-19(22)25-24(30)26-23(31)21-16-20(27-28-21)18-12-10-17(3)11-13-18/h6-13,16H,4-5,14-15H2,1-3H3,(H,27,28)(H,25,26,31). The van der Waals surface area contributed by atoms with Crippen molar-refractivity contribution in [3.05, 3.63) is 65.9 Å². The number of para-hydroxylation sites is 2. The maximum Gasteiger partial charge on any atom is 0.275 e. The van der Waals surface area contributed by atoms with Gasteiger partial charge in [-0.3, -0.25) is 15.2 Å². The Morgan fingerprint density at radius 2 is 1.84 bits per heavy atom. The first kappa shape index (κ1) is 20.8. The Bertz CT molecular complexity index is 1170. The highest BCUT2D eigenvalue weighted by Crippen LogP contribution is 2.22. The topological polar surface area (TPSA) is 78.8 Å². The van der Waals surface area contributed by atoms with Crippen molar-refractivity contribution in [3.8, 4) is 11.3 Å². The summed E-state index contributed by atoms with van der Waals surface area (Å²) >= 11 is 0. The van der Waals surface area contributed by atoms with E-state index in [0.29, 0.717) is 11.6 Å². The average Bonchev–Trinajstić information content (AvgIpc) is 3.40. The molecule has 0 fully saturated rings. The minimum absolute atomic E-state index is 0.259. The van der Waals surface area contributed by atoms with E-state index in [0.717, 1.165) is 48.5 Å². The molecule has 2 aromatic heterocycles. The quantitative estimate of drug-likeness (QED) is 0.448. The Kier molecular flexibility index (Phi) is 6.13. The molecule has 0 bridgehead atoms. The predicted octanol–water partition coefficient (Wildman–Crippen LogP) is 4.33. The zero-order valence-electron chi connectivity index (χ0n) is 18.2. The third-order valence-electron chi connectivity index (χ3n) is 5.58. The van der Waals surface area contributed by atoms with E-state index in [1.807, 2.05) is 55.5 Å². The highest BCUT2D eigenvalue weighted by molar-refractivity contribution is 6.03. The number of rotatable bonds is 8. The molecule has 0 radical (unpaired) electrons. The fourth-order valence-corrected chi connectivity index (χ4v) is 3.66. The molecule has 0 unspecified atom stereocenters. The number of aryl methyl sites for hydroxylation is 1. The van der Waals surface area contributed by atoms with Gasteiger partial charge in [0.25, 0.3) is 5.91 Å². The molecule has 2 N–H and O–H groups in total. The number of nitrogens with one attached hydrogen (secondary N) is 2. The molecule has 0 aliphatic heterocycles. The van der Waals surface area contributed by atoms with Gasteiger partial charge < -0.3 is 9.47 Å². The molecule has 2 heterocycles. The summed E-state index contributed by atoms with van der Waals surface area (Å²) in [6.07, 6.45) is 0. The number of hydrogen-bond acceptors (Lipinski definition) is 4. The van der Waals surface area contributed by atoms with Gasteiger partial charge in [0.2, 0.25) is 5.95 Å². The second-order valence-corrected chi connectivity index (χ2v) is 7.59. The van der Waals surface area contributed by atoms with Gasteiger partial charge in [-0.1, -0.05) is 55.8 Å². The van der Waals surface area contributed by atoms with Gasteiger partial charge in [0.15, 0.2) is 0 Å². The summed E-state index contributed by atoms with van der Waals surface area (Å²) in [4.78, 5) is 20.0.